The van der Waals surface area contributed by atoms with Crippen LogP contribution in [-0.2, 0) is 17.6 Å². The molecule has 0 unspecified atom stereocenters. The largest absolute Gasteiger partial charge is 0.481 e. The number of aliphatic carboxylic acids is 1. The minimum absolute atomic E-state index is 0.206. The van der Waals surface area contributed by atoms with E-state index in [1.54, 1.807) is 0 Å². The van der Waals surface area contributed by atoms with Gasteiger partial charge >= 0.3 is 12.1 Å². The summed E-state index contributed by atoms with van der Waals surface area (Å²) in [5.41, 5.74) is 0.160. The molecule has 26 heavy (non-hydrogen) atoms. The molecule has 0 aliphatic heterocycles. The van der Waals surface area contributed by atoms with E-state index in [4.69, 9.17) is 5.11 Å². The van der Waals surface area contributed by atoms with Crippen molar-refractivity contribution < 1.29 is 28.2 Å². The number of rotatable bonds is 7. The Morgan fingerprint density at radius 3 is 2.31 bits per heavy atom. The van der Waals surface area contributed by atoms with Crippen molar-refractivity contribution >= 4 is 11.7 Å². The van der Waals surface area contributed by atoms with Gasteiger partial charge in [0.05, 0.1) is 12.2 Å². The molecule has 0 radical (unpaired) electrons. The third kappa shape index (κ3) is 5.37. The topological polar surface area (TPSA) is 60.8 Å². The number of hydrogen-bond donors (Lipinski definition) is 2. The van der Waals surface area contributed by atoms with Gasteiger partial charge in [0.25, 0.3) is 0 Å². The lowest BCUT2D eigenvalue weighted by Gasteiger charge is -2.34. The number of halogens is 3. The van der Waals surface area contributed by atoms with Crippen molar-refractivity contribution in [1.82, 2.24) is 0 Å². The van der Waals surface area contributed by atoms with E-state index >= 15 is 0 Å². The SMILES string of the molecule is CCN(C[C@H]1CC[C@H](CC(=O)O)CC1)c1ccc(C(F)(F)F)cc1CO. The van der Waals surface area contributed by atoms with Gasteiger partial charge in [0.15, 0.2) is 0 Å². The van der Waals surface area contributed by atoms with Crippen molar-refractivity contribution in [3.8, 4) is 0 Å². The predicted octanol–water partition coefficient (Wildman–Crippen LogP) is 4.31. The molecule has 1 aromatic rings. The Morgan fingerprint density at radius 1 is 1.19 bits per heavy atom. The van der Waals surface area contributed by atoms with Crippen LogP contribution >= 0.6 is 0 Å². The highest BCUT2D eigenvalue weighted by Gasteiger charge is 2.31. The van der Waals surface area contributed by atoms with Crippen molar-refractivity contribution in [2.75, 3.05) is 18.0 Å². The van der Waals surface area contributed by atoms with Gasteiger partial charge in [-0.25, -0.2) is 0 Å². The predicted molar refractivity (Wildman–Crippen MR) is 93.0 cm³/mol. The first-order chi connectivity index (χ1) is 12.2. The standard InChI is InChI=1S/C19H26F3NO3/c1-2-23(11-14-5-3-13(4-6-14)9-18(25)26)17-8-7-16(19(20,21)22)10-15(17)12-24/h7-8,10,13-14,24H,2-6,9,11-12H2,1H3,(H,25,26)/t13-,14-. The number of carboxylic acid groups (broad SMARTS) is 1. The Labute approximate surface area is 151 Å². The molecule has 1 fully saturated rings. The van der Waals surface area contributed by atoms with Gasteiger partial charge in [-0.3, -0.25) is 4.79 Å². The average Bonchev–Trinajstić information content (AvgIpc) is 2.59. The molecule has 0 atom stereocenters. The van der Waals surface area contributed by atoms with Gasteiger partial charge < -0.3 is 15.1 Å². The first-order valence-electron chi connectivity index (χ1n) is 9.02. The van der Waals surface area contributed by atoms with E-state index in [0.717, 1.165) is 37.8 Å². The molecule has 0 bridgehead atoms. The monoisotopic (exact) mass is 373 g/mol. The maximum Gasteiger partial charge on any atom is 0.416 e. The highest BCUT2D eigenvalue weighted by Crippen LogP contribution is 2.35. The summed E-state index contributed by atoms with van der Waals surface area (Å²) in [6, 6.07) is 3.51. The molecule has 0 amide bonds. The molecule has 1 aliphatic rings. The summed E-state index contributed by atoms with van der Waals surface area (Å²) in [6.45, 7) is 2.83. The van der Waals surface area contributed by atoms with Gasteiger partial charge in [-0.1, -0.05) is 0 Å². The Hall–Kier alpha value is -1.76. The van der Waals surface area contributed by atoms with Crippen LogP contribution in [0, 0.1) is 11.8 Å². The summed E-state index contributed by atoms with van der Waals surface area (Å²) in [4.78, 5) is 12.8. The van der Waals surface area contributed by atoms with Crippen LogP contribution in [0.5, 0.6) is 0 Å². The third-order valence-electron chi connectivity index (χ3n) is 5.21. The number of hydrogen-bond acceptors (Lipinski definition) is 3. The first kappa shape index (κ1) is 20.6. The first-order valence-corrected chi connectivity index (χ1v) is 9.02. The highest BCUT2D eigenvalue weighted by molar-refractivity contribution is 5.67. The van der Waals surface area contributed by atoms with Gasteiger partial charge in [0, 0.05) is 30.8 Å². The van der Waals surface area contributed by atoms with Gasteiger partial charge in [-0.05, 0) is 62.6 Å². The quantitative estimate of drug-likeness (QED) is 0.748. The molecule has 1 aliphatic carbocycles. The molecular weight excluding hydrogens is 347 g/mol. The van der Waals surface area contributed by atoms with Gasteiger partial charge in [0.1, 0.15) is 0 Å². The Balaban J connectivity index is 2.06. The van der Waals surface area contributed by atoms with Crippen molar-refractivity contribution in [2.45, 2.75) is 51.8 Å². The number of aliphatic hydroxyl groups excluding tert-OH is 1. The maximum absolute atomic E-state index is 12.9. The minimum atomic E-state index is -4.43. The molecule has 0 heterocycles. The number of benzene rings is 1. The summed E-state index contributed by atoms with van der Waals surface area (Å²) in [5.74, 6) is -0.160. The summed E-state index contributed by atoms with van der Waals surface area (Å²) in [5, 5.41) is 18.4. The summed E-state index contributed by atoms with van der Waals surface area (Å²) >= 11 is 0. The zero-order chi connectivity index (χ0) is 19.3. The lowest BCUT2D eigenvalue weighted by molar-refractivity contribution is -0.139. The normalized spacial score (nSPS) is 20.8. The van der Waals surface area contributed by atoms with E-state index in [9.17, 15) is 23.1 Å². The van der Waals surface area contributed by atoms with E-state index in [-0.39, 0.29) is 17.9 Å². The van der Waals surface area contributed by atoms with E-state index in [2.05, 4.69) is 0 Å². The van der Waals surface area contributed by atoms with Crippen LogP contribution in [0.2, 0.25) is 0 Å². The van der Waals surface area contributed by atoms with Crippen molar-refractivity contribution in [3.63, 3.8) is 0 Å². The molecule has 4 nitrogen and oxygen atoms in total. The maximum atomic E-state index is 12.9. The van der Waals surface area contributed by atoms with Crippen LogP contribution in [0.25, 0.3) is 0 Å². The zero-order valence-corrected chi connectivity index (χ0v) is 14.9. The second-order valence-electron chi connectivity index (χ2n) is 7.02. The van der Waals surface area contributed by atoms with Gasteiger partial charge in [-0.15, -0.1) is 0 Å². The number of carbonyl (C=O) groups is 1. The molecular formula is C19H26F3NO3. The van der Waals surface area contributed by atoms with E-state index in [0.29, 0.717) is 24.7 Å². The number of alkyl halides is 3. The average molecular weight is 373 g/mol. The molecule has 146 valence electrons. The zero-order valence-electron chi connectivity index (χ0n) is 14.9. The lowest BCUT2D eigenvalue weighted by Crippen LogP contribution is -2.32. The van der Waals surface area contributed by atoms with Crippen LogP contribution in [-0.4, -0.2) is 29.3 Å². The van der Waals surface area contributed by atoms with E-state index in [1.165, 1.54) is 6.07 Å². The molecule has 2 rings (SSSR count). The fourth-order valence-corrected chi connectivity index (χ4v) is 3.77. The summed E-state index contributed by atoms with van der Waals surface area (Å²) in [7, 11) is 0. The van der Waals surface area contributed by atoms with Crippen molar-refractivity contribution in [3.05, 3.63) is 29.3 Å². The second kappa shape index (κ2) is 8.75. The van der Waals surface area contributed by atoms with Crippen molar-refractivity contribution in [2.24, 2.45) is 11.8 Å². The molecule has 0 saturated heterocycles. The minimum Gasteiger partial charge on any atom is -0.481 e. The smallest absolute Gasteiger partial charge is 0.416 e. The lowest BCUT2D eigenvalue weighted by atomic mass is 9.80. The van der Waals surface area contributed by atoms with Crippen LogP contribution in [0.1, 0.15) is 50.2 Å². The molecule has 7 heteroatoms. The number of aliphatic hydroxyl groups is 1. The second-order valence-corrected chi connectivity index (χ2v) is 7.02. The summed E-state index contributed by atoms with van der Waals surface area (Å²) in [6.07, 6.45) is -0.643. The fourth-order valence-electron chi connectivity index (χ4n) is 3.77. The Morgan fingerprint density at radius 2 is 1.81 bits per heavy atom. The highest BCUT2D eigenvalue weighted by atomic mass is 19.4. The van der Waals surface area contributed by atoms with Crippen molar-refractivity contribution in [1.29, 1.82) is 0 Å². The van der Waals surface area contributed by atoms with E-state index in [1.807, 2.05) is 11.8 Å². The van der Waals surface area contributed by atoms with Crippen LogP contribution in [0.3, 0.4) is 0 Å². The third-order valence-corrected chi connectivity index (χ3v) is 5.21. The number of nitrogens with zero attached hydrogens (tertiary/aromatic N) is 1. The van der Waals surface area contributed by atoms with Crippen LogP contribution in [0.15, 0.2) is 18.2 Å². The molecule has 0 spiro atoms. The van der Waals surface area contributed by atoms with E-state index < -0.39 is 24.3 Å². The number of anilines is 1. The Kier molecular flexibility index (Phi) is 6.92. The van der Waals surface area contributed by atoms with Crippen LogP contribution in [0.4, 0.5) is 18.9 Å². The molecule has 1 aromatic carbocycles. The molecule has 2 N–H and O–H groups in total. The summed E-state index contributed by atoms with van der Waals surface area (Å²) < 4.78 is 38.6. The number of carboxylic acids is 1. The molecule has 1 saturated carbocycles. The Bertz CT molecular complexity index is 611. The fraction of sp³-hybridized carbons (Fsp3) is 0.632. The molecule has 0 aromatic heterocycles. The van der Waals surface area contributed by atoms with Gasteiger partial charge in [0.2, 0.25) is 0 Å². The van der Waals surface area contributed by atoms with Gasteiger partial charge in [-0.2, -0.15) is 13.2 Å². The van der Waals surface area contributed by atoms with Crippen LogP contribution < -0.4 is 4.90 Å².